The Kier molecular flexibility index (Phi) is 5.73. The van der Waals surface area contributed by atoms with E-state index >= 15 is 0 Å². The lowest BCUT2D eigenvalue weighted by molar-refractivity contribution is 0.184. The molecule has 2 aromatic rings. The number of aryl methyl sites for hydroxylation is 1. The molecule has 0 aliphatic heterocycles. The highest BCUT2D eigenvalue weighted by atomic mass is 35.5. The van der Waals surface area contributed by atoms with Crippen LogP contribution in [0.3, 0.4) is 0 Å². The minimum Gasteiger partial charge on any atom is -0.383 e. The van der Waals surface area contributed by atoms with Gasteiger partial charge in [-0.1, -0.05) is 29.3 Å². The Morgan fingerprint density at radius 3 is 2.57 bits per heavy atom. The molecular formula is C15H18Cl2N2O3S. The van der Waals surface area contributed by atoms with E-state index in [9.17, 15) is 8.42 Å². The second-order valence-electron chi connectivity index (χ2n) is 5.20. The van der Waals surface area contributed by atoms with Crippen LogP contribution >= 0.6 is 23.2 Å². The highest BCUT2D eigenvalue weighted by molar-refractivity contribution is 7.90. The van der Waals surface area contributed by atoms with Crippen LogP contribution in [0.4, 0.5) is 0 Å². The minimum absolute atomic E-state index is 0.0376. The Balaban J connectivity index is 2.41. The first-order chi connectivity index (χ1) is 10.8. The monoisotopic (exact) mass is 376 g/mol. The number of ether oxygens (including phenoxy) is 1. The topological polar surface area (TPSA) is 61.2 Å². The maximum Gasteiger partial charge on any atom is 0.228 e. The van der Waals surface area contributed by atoms with Crippen molar-refractivity contribution in [2.45, 2.75) is 31.3 Å². The van der Waals surface area contributed by atoms with E-state index in [-0.39, 0.29) is 10.9 Å². The van der Waals surface area contributed by atoms with Gasteiger partial charge in [0.2, 0.25) is 15.0 Å². The van der Waals surface area contributed by atoms with Crippen molar-refractivity contribution >= 4 is 33.0 Å². The number of nitrogens with zero attached hydrogens (tertiary/aromatic N) is 2. The van der Waals surface area contributed by atoms with Crippen LogP contribution in [0.25, 0.3) is 0 Å². The van der Waals surface area contributed by atoms with Crippen molar-refractivity contribution in [1.82, 2.24) is 9.55 Å². The molecule has 5 nitrogen and oxygen atoms in total. The van der Waals surface area contributed by atoms with Crippen molar-refractivity contribution in [1.29, 1.82) is 0 Å². The third-order valence-electron chi connectivity index (χ3n) is 3.58. The fourth-order valence-corrected chi connectivity index (χ4v) is 4.40. The molecule has 1 aromatic carbocycles. The van der Waals surface area contributed by atoms with Crippen molar-refractivity contribution in [3.8, 4) is 0 Å². The molecule has 0 fully saturated rings. The number of hydrogen-bond donors (Lipinski definition) is 0. The van der Waals surface area contributed by atoms with Crippen molar-refractivity contribution in [3.63, 3.8) is 0 Å². The van der Waals surface area contributed by atoms with Crippen LogP contribution in [0.1, 0.15) is 17.0 Å². The van der Waals surface area contributed by atoms with Gasteiger partial charge in [0.05, 0.1) is 18.1 Å². The Morgan fingerprint density at radius 2 is 1.96 bits per heavy atom. The largest absolute Gasteiger partial charge is 0.383 e. The Bertz CT molecular complexity index is 816. The van der Waals surface area contributed by atoms with Crippen molar-refractivity contribution < 1.29 is 13.2 Å². The summed E-state index contributed by atoms with van der Waals surface area (Å²) in [6.07, 6.45) is 0. The Labute approximate surface area is 146 Å². The fraction of sp³-hybridized carbons (Fsp3) is 0.400. The number of sulfone groups is 1. The van der Waals surface area contributed by atoms with Gasteiger partial charge in [0.25, 0.3) is 0 Å². The Hall–Kier alpha value is -1.08. The average molecular weight is 377 g/mol. The highest BCUT2D eigenvalue weighted by Crippen LogP contribution is 2.26. The summed E-state index contributed by atoms with van der Waals surface area (Å²) in [5, 5.41) is 0.824. The third kappa shape index (κ3) is 4.07. The zero-order chi connectivity index (χ0) is 17.2. The van der Waals surface area contributed by atoms with E-state index < -0.39 is 9.84 Å². The normalized spacial score (nSPS) is 11.9. The van der Waals surface area contributed by atoms with Crippen molar-refractivity contribution in [2.24, 2.45) is 0 Å². The van der Waals surface area contributed by atoms with Crippen LogP contribution in [-0.2, 0) is 26.9 Å². The second kappa shape index (κ2) is 7.21. The zero-order valence-electron chi connectivity index (χ0n) is 13.1. The third-order valence-corrected chi connectivity index (χ3v) is 5.73. The van der Waals surface area contributed by atoms with E-state index in [1.165, 1.54) is 6.07 Å². The van der Waals surface area contributed by atoms with E-state index in [0.717, 1.165) is 5.69 Å². The Morgan fingerprint density at radius 1 is 1.26 bits per heavy atom. The van der Waals surface area contributed by atoms with E-state index in [1.807, 2.05) is 6.92 Å². The number of aromatic nitrogens is 2. The van der Waals surface area contributed by atoms with Crippen LogP contribution in [-0.4, -0.2) is 31.7 Å². The standard InChI is InChI=1S/C15H18Cl2N2O3S/c1-10-11(2)19(6-7-22-3)15(18-10)23(20,21)9-12-4-5-13(16)8-14(12)17/h4-5,8H,6-7,9H2,1-3H3. The maximum absolute atomic E-state index is 12.8. The molecule has 126 valence electrons. The van der Waals surface area contributed by atoms with E-state index in [4.69, 9.17) is 27.9 Å². The fourth-order valence-electron chi connectivity index (χ4n) is 2.21. The summed E-state index contributed by atoms with van der Waals surface area (Å²) < 4.78 is 32.3. The summed E-state index contributed by atoms with van der Waals surface area (Å²) in [7, 11) is -2.07. The number of benzene rings is 1. The molecule has 0 saturated carbocycles. The number of rotatable bonds is 6. The molecule has 0 unspecified atom stereocenters. The van der Waals surface area contributed by atoms with Gasteiger partial charge in [-0.15, -0.1) is 0 Å². The SMILES string of the molecule is COCCn1c(S(=O)(=O)Cc2ccc(Cl)cc2Cl)nc(C)c1C. The van der Waals surface area contributed by atoms with Crippen LogP contribution in [0, 0.1) is 13.8 Å². The number of hydrogen-bond acceptors (Lipinski definition) is 4. The molecule has 23 heavy (non-hydrogen) atoms. The van der Waals surface area contributed by atoms with Gasteiger partial charge in [-0.3, -0.25) is 0 Å². The van der Waals surface area contributed by atoms with Gasteiger partial charge in [-0.25, -0.2) is 13.4 Å². The van der Waals surface area contributed by atoms with Gasteiger partial charge in [-0.2, -0.15) is 0 Å². The summed E-state index contributed by atoms with van der Waals surface area (Å²) in [5.41, 5.74) is 1.98. The molecule has 0 saturated heterocycles. The number of methoxy groups -OCH3 is 1. The zero-order valence-corrected chi connectivity index (χ0v) is 15.5. The van der Waals surface area contributed by atoms with E-state index in [2.05, 4.69) is 4.98 Å². The number of imidazole rings is 1. The van der Waals surface area contributed by atoms with E-state index in [0.29, 0.717) is 34.5 Å². The van der Waals surface area contributed by atoms with Crippen LogP contribution in [0.15, 0.2) is 23.4 Å². The lowest BCUT2D eigenvalue weighted by Crippen LogP contribution is -2.16. The molecule has 8 heteroatoms. The van der Waals surface area contributed by atoms with Gasteiger partial charge >= 0.3 is 0 Å². The molecule has 0 radical (unpaired) electrons. The van der Waals surface area contributed by atoms with Crippen LogP contribution < -0.4 is 0 Å². The van der Waals surface area contributed by atoms with Gasteiger partial charge in [0.15, 0.2) is 0 Å². The van der Waals surface area contributed by atoms with Gasteiger partial charge in [0, 0.05) is 29.4 Å². The number of halogens is 2. The summed E-state index contributed by atoms with van der Waals surface area (Å²) in [5.74, 6) is -0.230. The lowest BCUT2D eigenvalue weighted by Gasteiger charge is -2.11. The smallest absolute Gasteiger partial charge is 0.228 e. The van der Waals surface area contributed by atoms with Crippen molar-refractivity contribution in [2.75, 3.05) is 13.7 Å². The molecule has 1 aromatic heterocycles. The molecular weight excluding hydrogens is 359 g/mol. The molecule has 0 aliphatic carbocycles. The molecule has 0 amide bonds. The predicted molar refractivity (Wildman–Crippen MR) is 90.9 cm³/mol. The summed E-state index contributed by atoms with van der Waals surface area (Å²) in [6.45, 7) is 4.45. The quantitative estimate of drug-likeness (QED) is 0.774. The molecule has 0 atom stereocenters. The average Bonchev–Trinajstić information content (AvgIpc) is 2.76. The second-order valence-corrected chi connectivity index (χ2v) is 7.93. The summed E-state index contributed by atoms with van der Waals surface area (Å²) in [6, 6.07) is 4.76. The van der Waals surface area contributed by atoms with Crippen LogP contribution in [0.5, 0.6) is 0 Å². The van der Waals surface area contributed by atoms with E-state index in [1.54, 1.807) is 30.7 Å². The summed E-state index contributed by atoms with van der Waals surface area (Å²) >= 11 is 11.9. The van der Waals surface area contributed by atoms with Crippen LogP contribution in [0.2, 0.25) is 10.0 Å². The van der Waals surface area contributed by atoms with Gasteiger partial charge in [0.1, 0.15) is 0 Å². The minimum atomic E-state index is -3.64. The molecule has 2 rings (SSSR count). The molecule has 1 heterocycles. The molecule has 0 N–H and O–H groups in total. The van der Waals surface area contributed by atoms with Gasteiger partial charge in [-0.05, 0) is 31.5 Å². The van der Waals surface area contributed by atoms with Crippen molar-refractivity contribution in [3.05, 3.63) is 45.2 Å². The first-order valence-corrected chi connectivity index (χ1v) is 9.36. The molecule has 0 aliphatic rings. The predicted octanol–water partition coefficient (Wildman–Crippen LogP) is 3.43. The molecule has 0 spiro atoms. The first-order valence-electron chi connectivity index (χ1n) is 6.95. The molecule has 0 bridgehead atoms. The summed E-state index contributed by atoms with van der Waals surface area (Å²) in [4.78, 5) is 4.23. The lowest BCUT2D eigenvalue weighted by atomic mass is 10.2. The highest BCUT2D eigenvalue weighted by Gasteiger charge is 2.25. The maximum atomic E-state index is 12.8. The first kappa shape index (κ1) is 18.3. The van der Waals surface area contributed by atoms with Gasteiger partial charge < -0.3 is 9.30 Å².